The zero-order valence-corrected chi connectivity index (χ0v) is 10.1. The maximum atomic E-state index is 11.8. The molecular formula is C10H20N2OS. The van der Waals surface area contributed by atoms with Crippen molar-refractivity contribution >= 4 is 17.7 Å². The molecule has 1 saturated heterocycles. The van der Waals surface area contributed by atoms with Gasteiger partial charge in [-0.05, 0) is 5.92 Å². The summed E-state index contributed by atoms with van der Waals surface area (Å²) in [7, 11) is 1.90. The first kappa shape index (κ1) is 11.9. The van der Waals surface area contributed by atoms with Crippen LogP contribution in [0, 0.1) is 5.92 Å². The van der Waals surface area contributed by atoms with Crippen LogP contribution in [0.1, 0.15) is 20.3 Å². The highest BCUT2D eigenvalue weighted by Crippen LogP contribution is 2.12. The Kier molecular flexibility index (Phi) is 4.75. The highest BCUT2D eigenvalue weighted by atomic mass is 32.2. The number of carbonyl (C=O) groups excluding carboxylic acids is 1. The van der Waals surface area contributed by atoms with Gasteiger partial charge in [-0.2, -0.15) is 0 Å². The lowest BCUT2D eigenvalue weighted by atomic mass is 10.1. The number of carbonyl (C=O) groups is 1. The molecule has 1 amide bonds. The molecule has 82 valence electrons. The van der Waals surface area contributed by atoms with E-state index in [0.717, 1.165) is 24.6 Å². The van der Waals surface area contributed by atoms with E-state index in [0.29, 0.717) is 5.92 Å². The topological polar surface area (TPSA) is 32.3 Å². The highest BCUT2D eigenvalue weighted by molar-refractivity contribution is 7.99. The Balaban J connectivity index is 2.35. The molecule has 2 atom stereocenters. The first-order chi connectivity index (χ1) is 6.65. The van der Waals surface area contributed by atoms with Crippen LogP contribution in [0.5, 0.6) is 0 Å². The van der Waals surface area contributed by atoms with E-state index < -0.39 is 0 Å². The Bertz CT molecular complexity index is 193. The molecule has 1 aliphatic rings. The van der Waals surface area contributed by atoms with Crippen molar-refractivity contribution < 1.29 is 4.79 Å². The van der Waals surface area contributed by atoms with Gasteiger partial charge in [-0.25, -0.2) is 0 Å². The third-order valence-corrected chi connectivity index (χ3v) is 3.61. The first-order valence-corrected chi connectivity index (χ1v) is 6.36. The van der Waals surface area contributed by atoms with Crippen LogP contribution >= 0.6 is 11.8 Å². The smallest absolute Gasteiger partial charge is 0.240 e. The molecule has 1 heterocycles. The Morgan fingerprint density at radius 1 is 1.71 bits per heavy atom. The molecule has 1 aliphatic heterocycles. The minimum Gasteiger partial charge on any atom is -0.344 e. The van der Waals surface area contributed by atoms with Gasteiger partial charge in [-0.1, -0.05) is 20.3 Å². The van der Waals surface area contributed by atoms with Crippen LogP contribution in [0.2, 0.25) is 0 Å². The van der Waals surface area contributed by atoms with Crippen LogP contribution in [-0.4, -0.2) is 42.1 Å². The van der Waals surface area contributed by atoms with Crippen molar-refractivity contribution in [2.24, 2.45) is 5.92 Å². The standard InChI is InChI=1S/C10H20N2OS/c1-4-8(2)5-12(3)10(13)9-6-14-7-11-9/h8-9,11H,4-7H2,1-3H3. The molecule has 0 aromatic heterocycles. The SMILES string of the molecule is CCC(C)CN(C)C(=O)C1CSCN1. The van der Waals surface area contributed by atoms with E-state index in [9.17, 15) is 4.79 Å². The van der Waals surface area contributed by atoms with Gasteiger partial charge in [0.2, 0.25) is 5.91 Å². The van der Waals surface area contributed by atoms with Gasteiger partial charge in [0.1, 0.15) is 0 Å². The number of hydrogen-bond acceptors (Lipinski definition) is 3. The molecule has 0 aromatic rings. The molecule has 0 spiro atoms. The van der Waals surface area contributed by atoms with Crippen LogP contribution in [-0.2, 0) is 4.79 Å². The molecule has 1 fully saturated rings. The Labute approximate surface area is 90.6 Å². The van der Waals surface area contributed by atoms with Gasteiger partial charge in [-0.3, -0.25) is 10.1 Å². The zero-order chi connectivity index (χ0) is 10.6. The predicted octanol–water partition coefficient (Wildman–Crippen LogP) is 1.15. The lowest BCUT2D eigenvalue weighted by molar-refractivity contribution is -0.131. The minimum atomic E-state index is 0.0501. The number of thioether (sulfide) groups is 1. The molecule has 0 saturated carbocycles. The molecule has 3 nitrogen and oxygen atoms in total. The summed E-state index contributed by atoms with van der Waals surface area (Å²) < 4.78 is 0. The van der Waals surface area contributed by atoms with Crippen molar-refractivity contribution in [2.75, 3.05) is 25.2 Å². The average molecular weight is 216 g/mol. The second-order valence-electron chi connectivity index (χ2n) is 4.00. The lowest BCUT2D eigenvalue weighted by Crippen LogP contribution is -2.44. The van der Waals surface area contributed by atoms with Crippen molar-refractivity contribution in [3.63, 3.8) is 0 Å². The summed E-state index contributed by atoms with van der Waals surface area (Å²) in [5.74, 6) is 2.67. The fourth-order valence-corrected chi connectivity index (χ4v) is 2.44. The van der Waals surface area contributed by atoms with E-state index >= 15 is 0 Å². The second-order valence-corrected chi connectivity index (χ2v) is 5.03. The van der Waals surface area contributed by atoms with E-state index in [1.54, 1.807) is 11.8 Å². The number of rotatable bonds is 4. The molecule has 4 heteroatoms. The normalized spacial score (nSPS) is 23.5. The van der Waals surface area contributed by atoms with E-state index in [1.807, 2.05) is 11.9 Å². The molecule has 1 rings (SSSR count). The monoisotopic (exact) mass is 216 g/mol. The van der Waals surface area contributed by atoms with Gasteiger partial charge in [0.15, 0.2) is 0 Å². The fraction of sp³-hybridized carbons (Fsp3) is 0.900. The molecule has 14 heavy (non-hydrogen) atoms. The summed E-state index contributed by atoms with van der Waals surface area (Å²) in [5, 5.41) is 3.20. The third-order valence-electron chi connectivity index (χ3n) is 2.67. The van der Waals surface area contributed by atoms with E-state index in [2.05, 4.69) is 19.2 Å². The summed E-state index contributed by atoms with van der Waals surface area (Å²) in [4.78, 5) is 13.7. The van der Waals surface area contributed by atoms with E-state index in [-0.39, 0.29) is 11.9 Å². The maximum absolute atomic E-state index is 11.8. The molecule has 0 radical (unpaired) electrons. The zero-order valence-electron chi connectivity index (χ0n) is 9.25. The maximum Gasteiger partial charge on any atom is 0.240 e. The summed E-state index contributed by atoms with van der Waals surface area (Å²) in [6, 6.07) is 0.0501. The minimum absolute atomic E-state index is 0.0501. The summed E-state index contributed by atoms with van der Waals surface area (Å²) in [6.45, 7) is 5.21. The van der Waals surface area contributed by atoms with Gasteiger partial charge < -0.3 is 4.90 Å². The number of hydrogen-bond donors (Lipinski definition) is 1. The van der Waals surface area contributed by atoms with E-state index in [1.165, 1.54) is 0 Å². The van der Waals surface area contributed by atoms with Crippen LogP contribution in [0.25, 0.3) is 0 Å². The average Bonchev–Trinajstić information content (AvgIpc) is 2.69. The number of likely N-dealkylation sites (N-methyl/N-ethyl adjacent to an activating group) is 1. The quantitative estimate of drug-likeness (QED) is 0.765. The Hall–Kier alpha value is -0.220. The molecule has 0 aliphatic carbocycles. The van der Waals surface area contributed by atoms with Crippen molar-refractivity contribution in [2.45, 2.75) is 26.3 Å². The van der Waals surface area contributed by atoms with Crippen LogP contribution in [0.15, 0.2) is 0 Å². The molecular weight excluding hydrogens is 196 g/mol. The Morgan fingerprint density at radius 3 is 2.93 bits per heavy atom. The van der Waals surface area contributed by atoms with Gasteiger partial charge >= 0.3 is 0 Å². The van der Waals surface area contributed by atoms with Crippen LogP contribution in [0.3, 0.4) is 0 Å². The summed E-state index contributed by atoms with van der Waals surface area (Å²) in [5.41, 5.74) is 0. The Morgan fingerprint density at radius 2 is 2.43 bits per heavy atom. The summed E-state index contributed by atoms with van der Waals surface area (Å²) in [6.07, 6.45) is 1.13. The number of nitrogens with one attached hydrogen (secondary N) is 1. The predicted molar refractivity (Wildman–Crippen MR) is 61.3 cm³/mol. The fourth-order valence-electron chi connectivity index (χ4n) is 1.51. The highest BCUT2D eigenvalue weighted by Gasteiger charge is 2.25. The van der Waals surface area contributed by atoms with Gasteiger partial charge in [-0.15, -0.1) is 11.8 Å². The molecule has 0 bridgehead atoms. The van der Waals surface area contributed by atoms with Crippen molar-refractivity contribution in [1.82, 2.24) is 10.2 Å². The van der Waals surface area contributed by atoms with Gasteiger partial charge in [0.05, 0.1) is 6.04 Å². The van der Waals surface area contributed by atoms with Crippen LogP contribution in [0.4, 0.5) is 0 Å². The van der Waals surface area contributed by atoms with Gasteiger partial charge in [0.25, 0.3) is 0 Å². The van der Waals surface area contributed by atoms with Crippen molar-refractivity contribution in [3.05, 3.63) is 0 Å². The molecule has 0 aromatic carbocycles. The first-order valence-electron chi connectivity index (χ1n) is 5.21. The molecule has 2 unspecified atom stereocenters. The van der Waals surface area contributed by atoms with E-state index in [4.69, 9.17) is 0 Å². The number of amides is 1. The summed E-state index contributed by atoms with van der Waals surface area (Å²) >= 11 is 1.79. The molecule has 1 N–H and O–H groups in total. The number of nitrogens with zero attached hydrogens (tertiary/aromatic N) is 1. The second kappa shape index (κ2) is 5.61. The van der Waals surface area contributed by atoms with Crippen molar-refractivity contribution in [3.8, 4) is 0 Å². The largest absolute Gasteiger partial charge is 0.344 e. The third kappa shape index (κ3) is 3.17. The van der Waals surface area contributed by atoms with Crippen LogP contribution < -0.4 is 5.32 Å². The lowest BCUT2D eigenvalue weighted by Gasteiger charge is -2.23. The van der Waals surface area contributed by atoms with Crippen molar-refractivity contribution in [1.29, 1.82) is 0 Å². The van der Waals surface area contributed by atoms with Gasteiger partial charge in [0, 0.05) is 25.2 Å².